The van der Waals surface area contributed by atoms with Crippen molar-refractivity contribution >= 4 is 11.7 Å². The van der Waals surface area contributed by atoms with Gasteiger partial charge in [-0.15, -0.1) is 13.2 Å². The number of hydrogen-bond donors (Lipinski definition) is 0. The van der Waals surface area contributed by atoms with Gasteiger partial charge in [0.15, 0.2) is 5.90 Å². The first-order valence-corrected chi connectivity index (χ1v) is 9.20. The lowest BCUT2D eigenvalue weighted by Gasteiger charge is -2.20. The number of aromatic nitrogens is 2. The number of ether oxygens (including phenoxy) is 2. The van der Waals surface area contributed by atoms with Crippen LogP contribution in [0.3, 0.4) is 0 Å². The van der Waals surface area contributed by atoms with E-state index in [1.165, 1.54) is 37.7 Å². The number of benzene rings is 1. The Labute approximate surface area is 171 Å². The van der Waals surface area contributed by atoms with E-state index in [1.807, 2.05) is 20.8 Å². The molecule has 2 rings (SSSR count). The highest BCUT2D eigenvalue weighted by atomic mass is 19.4. The van der Waals surface area contributed by atoms with Crippen molar-refractivity contribution in [2.75, 3.05) is 0 Å². The minimum absolute atomic E-state index is 0.0576. The van der Waals surface area contributed by atoms with Gasteiger partial charge < -0.3 is 9.47 Å². The monoisotopic (exact) mass is 427 g/mol. The van der Waals surface area contributed by atoms with Gasteiger partial charge in [0.25, 0.3) is 5.56 Å². The first-order chi connectivity index (χ1) is 13.8. The summed E-state index contributed by atoms with van der Waals surface area (Å²) in [6.07, 6.45) is -4.83. The number of nitrogens with zero attached hydrogens (tertiary/aromatic N) is 3. The molecule has 0 bridgehead atoms. The first kappa shape index (κ1) is 23.2. The molecule has 0 amide bonds. The zero-order valence-electron chi connectivity index (χ0n) is 17.6. The van der Waals surface area contributed by atoms with Gasteiger partial charge in [-0.25, -0.2) is 4.79 Å². The van der Waals surface area contributed by atoms with E-state index in [9.17, 15) is 22.8 Å². The molecular formula is C20H24F3N3O4. The molecule has 1 atom stereocenters. The van der Waals surface area contributed by atoms with Gasteiger partial charge in [-0.05, 0) is 25.0 Å². The molecule has 164 valence electrons. The van der Waals surface area contributed by atoms with Crippen LogP contribution in [-0.4, -0.2) is 21.4 Å². The second-order valence-corrected chi connectivity index (χ2v) is 7.26. The summed E-state index contributed by atoms with van der Waals surface area (Å²) in [4.78, 5) is 29.0. The summed E-state index contributed by atoms with van der Waals surface area (Å²) < 4.78 is 49.4. The Morgan fingerprint density at radius 3 is 2.23 bits per heavy atom. The number of alkyl halides is 3. The van der Waals surface area contributed by atoms with Gasteiger partial charge in [0, 0.05) is 26.1 Å². The fourth-order valence-corrected chi connectivity index (χ4v) is 2.62. The van der Waals surface area contributed by atoms with Gasteiger partial charge in [-0.2, -0.15) is 4.99 Å². The van der Waals surface area contributed by atoms with Crippen molar-refractivity contribution in [2.45, 2.75) is 34.1 Å². The number of hydrogen-bond acceptors (Lipinski definition) is 5. The third-order valence-electron chi connectivity index (χ3n) is 4.72. The van der Waals surface area contributed by atoms with Crippen LogP contribution in [0, 0.1) is 18.8 Å². The molecular weight excluding hydrogens is 403 g/mol. The maximum absolute atomic E-state index is 12.5. The smallest absolute Gasteiger partial charge is 0.442 e. The lowest BCUT2D eigenvalue weighted by atomic mass is 9.98. The van der Waals surface area contributed by atoms with Crippen molar-refractivity contribution in [3.8, 4) is 11.5 Å². The van der Waals surface area contributed by atoms with E-state index < -0.39 is 23.4 Å². The molecule has 1 unspecified atom stereocenters. The van der Waals surface area contributed by atoms with Crippen LogP contribution in [0.15, 0.2) is 38.8 Å². The average Bonchev–Trinajstić information content (AvgIpc) is 2.65. The SMILES string of the molecule is Cc1c(/N=C(/Oc2cccc(OC(F)(F)F)c2)C(C)C(C)C)n(C)c(=O)n(C)c1=O. The molecule has 0 aliphatic carbocycles. The van der Waals surface area contributed by atoms with Crippen molar-refractivity contribution in [1.82, 2.24) is 9.13 Å². The second-order valence-electron chi connectivity index (χ2n) is 7.26. The third kappa shape index (κ3) is 5.31. The van der Waals surface area contributed by atoms with Crippen molar-refractivity contribution < 1.29 is 22.6 Å². The normalized spacial score (nSPS) is 13.5. The van der Waals surface area contributed by atoms with Gasteiger partial charge >= 0.3 is 12.1 Å². The van der Waals surface area contributed by atoms with Crippen LogP contribution in [0.25, 0.3) is 0 Å². The Morgan fingerprint density at radius 2 is 1.67 bits per heavy atom. The molecule has 0 N–H and O–H groups in total. The predicted molar refractivity (Wildman–Crippen MR) is 107 cm³/mol. The molecule has 0 spiro atoms. The Morgan fingerprint density at radius 1 is 1.07 bits per heavy atom. The molecule has 0 saturated heterocycles. The van der Waals surface area contributed by atoms with E-state index in [0.29, 0.717) is 0 Å². The molecule has 0 fully saturated rings. The zero-order valence-corrected chi connectivity index (χ0v) is 17.6. The van der Waals surface area contributed by atoms with Crippen LogP contribution in [0.5, 0.6) is 11.5 Å². The van der Waals surface area contributed by atoms with Crippen molar-refractivity contribution in [1.29, 1.82) is 0 Å². The first-order valence-electron chi connectivity index (χ1n) is 9.20. The minimum Gasteiger partial charge on any atom is -0.442 e. The summed E-state index contributed by atoms with van der Waals surface area (Å²) in [6, 6.07) is 5.05. The summed E-state index contributed by atoms with van der Waals surface area (Å²) >= 11 is 0. The summed E-state index contributed by atoms with van der Waals surface area (Å²) in [6.45, 7) is 7.20. The molecule has 2 aromatic rings. The maximum Gasteiger partial charge on any atom is 0.573 e. The van der Waals surface area contributed by atoms with E-state index >= 15 is 0 Å². The molecule has 0 aliphatic rings. The fraction of sp³-hybridized carbons (Fsp3) is 0.450. The Balaban J connectivity index is 2.56. The van der Waals surface area contributed by atoms with Crippen LogP contribution in [0.1, 0.15) is 26.3 Å². The van der Waals surface area contributed by atoms with Crippen molar-refractivity contribution in [2.24, 2.45) is 30.9 Å². The fourth-order valence-electron chi connectivity index (χ4n) is 2.62. The van der Waals surface area contributed by atoms with E-state index in [2.05, 4.69) is 9.73 Å². The van der Waals surface area contributed by atoms with Crippen LogP contribution in [0.4, 0.5) is 19.0 Å². The number of aliphatic imine (C=N–C) groups is 1. The molecule has 0 radical (unpaired) electrons. The van der Waals surface area contributed by atoms with Crippen molar-refractivity contribution in [3.05, 3.63) is 50.7 Å². The highest BCUT2D eigenvalue weighted by Crippen LogP contribution is 2.28. The standard InChI is InChI=1S/C20H24F3N3O4/c1-11(2)12(3)17(24-16-13(4)18(27)26(6)19(28)25(16)5)29-14-8-7-9-15(10-14)30-20(21,22)23/h7-12H,1-6H3/b24-17+. The molecule has 1 aromatic carbocycles. The quantitative estimate of drug-likeness (QED) is 0.539. The Kier molecular flexibility index (Phi) is 6.79. The van der Waals surface area contributed by atoms with E-state index in [-0.39, 0.29) is 34.9 Å². The molecule has 7 nitrogen and oxygen atoms in total. The molecule has 1 heterocycles. The van der Waals surface area contributed by atoms with Crippen LogP contribution < -0.4 is 20.7 Å². The summed E-state index contributed by atoms with van der Waals surface area (Å²) in [7, 11) is 2.84. The summed E-state index contributed by atoms with van der Waals surface area (Å²) in [5, 5.41) is 0. The van der Waals surface area contributed by atoms with Gasteiger partial charge in [-0.1, -0.05) is 26.8 Å². The van der Waals surface area contributed by atoms with Crippen molar-refractivity contribution in [3.63, 3.8) is 0 Å². The molecule has 1 aromatic heterocycles. The van der Waals surface area contributed by atoms with Crippen LogP contribution in [0.2, 0.25) is 0 Å². The van der Waals surface area contributed by atoms with Gasteiger partial charge in [-0.3, -0.25) is 13.9 Å². The molecule has 0 aliphatic heterocycles. The van der Waals surface area contributed by atoms with E-state index in [1.54, 1.807) is 0 Å². The second kappa shape index (κ2) is 8.76. The number of rotatable bonds is 5. The minimum atomic E-state index is -4.83. The highest BCUT2D eigenvalue weighted by molar-refractivity contribution is 5.83. The topological polar surface area (TPSA) is 74.8 Å². The van der Waals surface area contributed by atoms with E-state index in [4.69, 9.17) is 4.74 Å². The lowest BCUT2D eigenvalue weighted by molar-refractivity contribution is -0.274. The van der Waals surface area contributed by atoms with Gasteiger partial charge in [0.2, 0.25) is 0 Å². The van der Waals surface area contributed by atoms with Crippen LogP contribution in [-0.2, 0) is 14.1 Å². The average molecular weight is 427 g/mol. The Hall–Kier alpha value is -3.04. The largest absolute Gasteiger partial charge is 0.573 e. The Bertz CT molecular complexity index is 1030. The molecule has 30 heavy (non-hydrogen) atoms. The molecule has 0 saturated carbocycles. The summed E-state index contributed by atoms with van der Waals surface area (Å²) in [5.41, 5.74) is -0.804. The van der Waals surface area contributed by atoms with Crippen LogP contribution >= 0.6 is 0 Å². The predicted octanol–water partition coefficient (Wildman–Crippen LogP) is 3.69. The van der Waals surface area contributed by atoms with Gasteiger partial charge in [0.1, 0.15) is 17.3 Å². The molecule has 10 heteroatoms. The van der Waals surface area contributed by atoms with Gasteiger partial charge in [0.05, 0.1) is 5.56 Å². The highest BCUT2D eigenvalue weighted by Gasteiger charge is 2.31. The van der Waals surface area contributed by atoms with E-state index in [0.717, 1.165) is 16.7 Å². The zero-order chi connectivity index (χ0) is 22.8. The number of halogens is 3. The maximum atomic E-state index is 12.5. The third-order valence-corrected chi connectivity index (χ3v) is 4.72. The lowest BCUT2D eigenvalue weighted by Crippen LogP contribution is -2.38. The summed E-state index contributed by atoms with van der Waals surface area (Å²) in [5.74, 6) is -0.296.